The SMILES string of the molecule is CC(N)CCCC(=O)N(C)Cc1ncn[nH]1. The van der Waals surface area contributed by atoms with Crippen LogP contribution in [0.3, 0.4) is 0 Å². The molecule has 1 rings (SSSR count). The molecule has 90 valence electrons. The Bertz CT molecular complexity index is 309. The number of carbonyl (C=O) groups is 1. The zero-order valence-electron chi connectivity index (χ0n) is 9.81. The molecule has 6 heteroatoms. The van der Waals surface area contributed by atoms with Gasteiger partial charge >= 0.3 is 0 Å². The molecule has 1 heterocycles. The zero-order chi connectivity index (χ0) is 12.0. The van der Waals surface area contributed by atoms with E-state index in [-0.39, 0.29) is 11.9 Å². The van der Waals surface area contributed by atoms with Crippen LogP contribution in [0.15, 0.2) is 6.33 Å². The van der Waals surface area contributed by atoms with Crippen LogP contribution >= 0.6 is 0 Å². The summed E-state index contributed by atoms with van der Waals surface area (Å²) in [6.07, 6.45) is 3.68. The summed E-state index contributed by atoms with van der Waals surface area (Å²) in [5, 5.41) is 6.45. The second kappa shape index (κ2) is 6.22. The molecular weight excluding hydrogens is 206 g/mol. The van der Waals surface area contributed by atoms with E-state index in [1.54, 1.807) is 11.9 Å². The minimum absolute atomic E-state index is 0.108. The average molecular weight is 225 g/mol. The molecule has 16 heavy (non-hydrogen) atoms. The standard InChI is InChI=1S/C10H19N5O/c1-8(11)4-3-5-10(16)15(2)6-9-12-7-13-14-9/h7-8H,3-6,11H2,1-2H3,(H,12,13,14). The van der Waals surface area contributed by atoms with Gasteiger partial charge in [-0.2, -0.15) is 5.10 Å². The number of H-pyrrole nitrogens is 1. The van der Waals surface area contributed by atoms with Crippen molar-refractivity contribution in [2.45, 2.75) is 38.8 Å². The van der Waals surface area contributed by atoms with Crippen LogP contribution in [0.5, 0.6) is 0 Å². The molecule has 1 amide bonds. The lowest BCUT2D eigenvalue weighted by molar-refractivity contribution is -0.130. The number of hydrogen-bond acceptors (Lipinski definition) is 4. The fourth-order valence-corrected chi connectivity index (χ4v) is 1.39. The van der Waals surface area contributed by atoms with Crippen LogP contribution in [0.4, 0.5) is 0 Å². The molecule has 0 radical (unpaired) electrons. The van der Waals surface area contributed by atoms with Crippen LogP contribution < -0.4 is 5.73 Å². The van der Waals surface area contributed by atoms with Gasteiger partial charge in [-0.1, -0.05) is 0 Å². The van der Waals surface area contributed by atoms with E-state index in [0.717, 1.165) is 12.8 Å². The van der Waals surface area contributed by atoms with Crippen LogP contribution in [0.2, 0.25) is 0 Å². The first-order valence-corrected chi connectivity index (χ1v) is 5.43. The number of nitrogens with one attached hydrogen (secondary N) is 1. The van der Waals surface area contributed by atoms with Gasteiger partial charge in [0.25, 0.3) is 0 Å². The van der Waals surface area contributed by atoms with Gasteiger partial charge in [-0.05, 0) is 19.8 Å². The highest BCUT2D eigenvalue weighted by Gasteiger charge is 2.10. The van der Waals surface area contributed by atoms with Gasteiger partial charge in [-0.3, -0.25) is 9.89 Å². The number of carbonyl (C=O) groups excluding carboxylic acids is 1. The van der Waals surface area contributed by atoms with Gasteiger partial charge in [0.05, 0.1) is 6.54 Å². The number of rotatable bonds is 6. The highest BCUT2D eigenvalue weighted by Crippen LogP contribution is 2.03. The second-order valence-electron chi connectivity index (χ2n) is 4.05. The lowest BCUT2D eigenvalue weighted by atomic mass is 10.1. The van der Waals surface area contributed by atoms with E-state index in [0.29, 0.717) is 18.8 Å². The average Bonchev–Trinajstić information content (AvgIpc) is 2.69. The molecule has 1 aromatic heterocycles. The van der Waals surface area contributed by atoms with Crippen molar-refractivity contribution < 1.29 is 4.79 Å². The van der Waals surface area contributed by atoms with Gasteiger partial charge in [-0.15, -0.1) is 0 Å². The number of aromatic amines is 1. The molecule has 1 aromatic rings. The first-order valence-electron chi connectivity index (χ1n) is 5.43. The Balaban J connectivity index is 2.25. The Morgan fingerprint density at radius 2 is 2.44 bits per heavy atom. The smallest absolute Gasteiger partial charge is 0.222 e. The van der Waals surface area contributed by atoms with E-state index in [4.69, 9.17) is 5.73 Å². The van der Waals surface area contributed by atoms with Crippen molar-refractivity contribution in [3.8, 4) is 0 Å². The van der Waals surface area contributed by atoms with E-state index in [2.05, 4.69) is 15.2 Å². The van der Waals surface area contributed by atoms with E-state index in [9.17, 15) is 4.79 Å². The zero-order valence-corrected chi connectivity index (χ0v) is 9.81. The monoisotopic (exact) mass is 225 g/mol. The summed E-state index contributed by atoms with van der Waals surface area (Å²) in [5.74, 6) is 0.806. The molecule has 0 saturated heterocycles. The van der Waals surface area contributed by atoms with Gasteiger partial charge in [0.1, 0.15) is 12.2 Å². The minimum Gasteiger partial charge on any atom is -0.338 e. The van der Waals surface area contributed by atoms with Crippen molar-refractivity contribution in [1.29, 1.82) is 0 Å². The summed E-state index contributed by atoms with van der Waals surface area (Å²) in [4.78, 5) is 17.3. The minimum atomic E-state index is 0.108. The highest BCUT2D eigenvalue weighted by molar-refractivity contribution is 5.75. The van der Waals surface area contributed by atoms with Crippen LogP contribution in [0.25, 0.3) is 0 Å². The quantitative estimate of drug-likeness (QED) is 0.728. The van der Waals surface area contributed by atoms with Crippen molar-refractivity contribution in [3.63, 3.8) is 0 Å². The second-order valence-corrected chi connectivity index (χ2v) is 4.05. The molecule has 0 aromatic carbocycles. The third-order valence-electron chi connectivity index (χ3n) is 2.33. The predicted octanol–water partition coefficient (Wildman–Crippen LogP) is 0.281. The van der Waals surface area contributed by atoms with E-state index in [1.165, 1.54) is 6.33 Å². The molecular formula is C10H19N5O. The summed E-state index contributed by atoms with van der Waals surface area (Å²) in [6.45, 7) is 2.42. The summed E-state index contributed by atoms with van der Waals surface area (Å²) in [5.41, 5.74) is 5.62. The fourth-order valence-electron chi connectivity index (χ4n) is 1.39. The van der Waals surface area contributed by atoms with Crippen molar-refractivity contribution >= 4 is 5.91 Å². The molecule has 0 bridgehead atoms. The largest absolute Gasteiger partial charge is 0.338 e. The normalized spacial score (nSPS) is 12.4. The summed E-state index contributed by atoms with van der Waals surface area (Å²) in [7, 11) is 1.76. The number of hydrogen-bond donors (Lipinski definition) is 2. The van der Waals surface area contributed by atoms with E-state index < -0.39 is 0 Å². The molecule has 0 fully saturated rings. The maximum absolute atomic E-state index is 11.7. The molecule has 6 nitrogen and oxygen atoms in total. The Morgan fingerprint density at radius 3 is 3.00 bits per heavy atom. The maximum Gasteiger partial charge on any atom is 0.222 e. The molecule has 3 N–H and O–H groups in total. The number of aromatic nitrogens is 3. The van der Waals surface area contributed by atoms with Crippen molar-refractivity contribution in [2.24, 2.45) is 5.73 Å². The molecule has 0 spiro atoms. The van der Waals surface area contributed by atoms with Gasteiger partial charge in [-0.25, -0.2) is 4.98 Å². The Kier molecular flexibility index (Phi) is 4.91. The van der Waals surface area contributed by atoms with Crippen molar-refractivity contribution in [1.82, 2.24) is 20.1 Å². The van der Waals surface area contributed by atoms with Crippen LogP contribution in [0, 0.1) is 0 Å². The highest BCUT2D eigenvalue weighted by atomic mass is 16.2. The number of amides is 1. The lowest BCUT2D eigenvalue weighted by Crippen LogP contribution is -2.27. The van der Waals surface area contributed by atoms with E-state index >= 15 is 0 Å². The lowest BCUT2D eigenvalue weighted by Gasteiger charge is -2.15. The van der Waals surface area contributed by atoms with Gasteiger partial charge in [0, 0.05) is 19.5 Å². The molecule has 1 atom stereocenters. The van der Waals surface area contributed by atoms with Gasteiger partial charge < -0.3 is 10.6 Å². The van der Waals surface area contributed by atoms with Crippen molar-refractivity contribution in [3.05, 3.63) is 12.2 Å². The third kappa shape index (κ3) is 4.39. The summed E-state index contributed by atoms with van der Waals surface area (Å²) >= 11 is 0. The number of nitrogens with two attached hydrogens (primary N) is 1. The maximum atomic E-state index is 11.7. The first-order chi connectivity index (χ1) is 7.59. The summed E-state index contributed by atoms with van der Waals surface area (Å²) in [6, 6.07) is 0.160. The van der Waals surface area contributed by atoms with Gasteiger partial charge in [0.2, 0.25) is 5.91 Å². The summed E-state index contributed by atoms with van der Waals surface area (Å²) < 4.78 is 0. The molecule has 0 saturated carbocycles. The first kappa shape index (κ1) is 12.6. The third-order valence-corrected chi connectivity index (χ3v) is 2.33. The van der Waals surface area contributed by atoms with Gasteiger partial charge in [0.15, 0.2) is 0 Å². The Hall–Kier alpha value is -1.43. The van der Waals surface area contributed by atoms with Crippen LogP contribution in [0.1, 0.15) is 32.0 Å². The Morgan fingerprint density at radius 1 is 1.69 bits per heavy atom. The van der Waals surface area contributed by atoms with Crippen molar-refractivity contribution in [2.75, 3.05) is 7.05 Å². The number of nitrogens with zero attached hydrogens (tertiary/aromatic N) is 3. The fraction of sp³-hybridized carbons (Fsp3) is 0.700. The van der Waals surface area contributed by atoms with Crippen LogP contribution in [-0.4, -0.2) is 39.1 Å². The topological polar surface area (TPSA) is 87.9 Å². The molecule has 0 aliphatic heterocycles. The van der Waals surface area contributed by atoms with Crippen LogP contribution in [-0.2, 0) is 11.3 Å². The van der Waals surface area contributed by atoms with E-state index in [1.807, 2.05) is 6.92 Å². The molecule has 0 aliphatic rings. The molecule has 1 unspecified atom stereocenters. The molecule has 0 aliphatic carbocycles. The Labute approximate surface area is 95.2 Å². The predicted molar refractivity (Wildman–Crippen MR) is 60.4 cm³/mol.